The van der Waals surface area contributed by atoms with Crippen molar-refractivity contribution in [3.05, 3.63) is 35.6 Å². The van der Waals surface area contributed by atoms with E-state index >= 15 is 0 Å². The Labute approximate surface area is 108 Å². The van der Waals surface area contributed by atoms with Gasteiger partial charge in [-0.15, -0.1) is 0 Å². The van der Waals surface area contributed by atoms with Gasteiger partial charge in [0.05, 0.1) is 13.2 Å². The summed E-state index contributed by atoms with van der Waals surface area (Å²) in [5.41, 5.74) is 1.03. The van der Waals surface area contributed by atoms with Crippen LogP contribution >= 0.6 is 0 Å². The lowest BCUT2D eigenvalue weighted by Crippen LogP contribution is -2.14. The van der Waals surface area contributed by atoms with Crippen molar-refractivity contribution in [2.45, 2.75) is 12.8 Å². The lowest BCUT2D eigenvalue weighted by molar-refractivity contribution is 0.0588. The molecule has 0 saturated heterocycles. The Bertz CT molecular complexity index is 313. The van der Waals surface area contributed by atoms with Crippen molar-refractivity contribution in [2.24, 2.45) is 5.92 Å². The lowest BCUT2D eigenvalue weighted by atomic mass is 9.97. The second kappa shape index (κ2) is 9.03. The maximum Gasteiger partial charge on any atom is 0.123 e. The first kappa shape index (κ1) is 15.1. The van der Waals surface area contributed by atoms with Crippen molar-refractivity contribution in [3.8, 4) is 0 Å². The molecule has 18 heavy (non-hydrogen) atoms. The van der Waals surface area contributed by atoms with E-state index in [9.17, 15) is 9.50 Å². The van der Waals surface area contributed by atoms with Crippen molar-refractivity contribution in [1.82, 2.24) is 0 Å². The second-order valence-corrected chi connectivity index (χ2v) is 4.27. The van der Waals surface area contributed by atoms with Crippen molar-refractivity contribution in [1.29, 1.82) is 0 Å². The van der Waals surface area contributed by atoms with E-state index in [2.05, 4.69) is 0 Å². The third kappa shape index (κ3) is 6.10. The molecule has 102 valence electrons. The highest BCUT2D eigenvalue weighted by Crippen LogP contribution is 2.13. The lowest BCUT2D eigenvalue weighted by Gasteiger charge is -2.14. The molecule has 0 saturated carbocycles. The van der Waals surface area contributed by atoms with Gasteiger partial charge in [-0.25, -0.2) is 4.39 Å². The third-order valence-corrected chi connectivity index (χ3v) is 2.80. The van der Waals surface area contributed by atoms with Crippen LogP contribution in [0.25, 0.3) is 0 Å². The zero-order chi connectivity index (χ0) is 13.2. The van der Waals surface area contributed by atoms with E-state index < -0.39 is 0 Å². The maximum atomic E-state index is 12.7. The fraction of sp³-hybridized carbons (Fsp3) is 0.571. The summed E-state index contributed by atoms with van der Waals surface area (Å²) >= 11 is 0. The van der Waals surface area contributed by atoms with E-state index in [0.29, 0.717) is 19.8 Å². The van der Waals surface area contributed by atoms with Crippen LogP contribution in [0.4, 0.5) is 4.39 Å². The Morgan fingerprint density at radius 1 is 1.17 bits per heavy atom. The van der Waals surface area contributed by atoms with E-state index in [1.54, 1.807) is 19.2 Å². The molecule has 1 atom stereocenters. The Hall–Kier alpha value is -0.970. The largest absolute Gasteiger partial charge is 0.396 e. The molecule has 1 unspecified atom stereocenters. The van der Waals surface area contributed by atoms with Crippen molar-refractivity contribution < 1.29 is 19.0 Å². The number of benzene rings is 1. The smallest absolute Gasteiger partial charge is 0.123 e. The Kier molecular flexibility index (Phi) is 7.57. The zero-order valence-electron chi connectivity index (χ0n) is 10.8. The van der Waals surface area contributed by atoms with Gasteiger partial charge in [0.25, 0.3) is 0 Å². The van der Waals surface area contributed by atoms with Gasteiger partial charge in [-0.05, 0) is 36.5 Å². The molecule has 4 heteroatoms. The van der Waals surface area contributed by atoms with Crippen molar-refractivity contribution >= 4 is 0 Å². The van der Waals surface area contributed by atoms with Gasteiger partial charge < -0.3 is 14.6 Å². The maximum absolute atomic E-state index is 12.7. The van der Waals surface area contributed by atoms with Gasteiger partial charge in [0.1, 0.15) is 5.82 Å². The summed E-state index contributed by atoms with van der Waals surface area (Å²) in [7, 11) is 1.63. The Morgan fingerprint density at radius 3 is 2.50 bits per heavy atom. The minimum Gasteiger partial charge on any atom is -0.396 e. The molecule has 1 N–H and O–H groups in total. The van der Waals surface area contributed by atoms with Crippen LogP contribution < -0.4 is 0 Å². The fourth-order valence-electron chi connectivity index (χ4n) is 1.71. The number of methoxy groups -OCH3 is 1. The van der Waals surface area contributed by atoms with E-state index in [0.717, 1.165) is 18.4 Å². The predicted molar refractivity (Wildman–Crippen MR) is 68.0 cm³/mol. The number of aliphatic hydroxyl groups is 1. The number of hydrogen-bond donors (Lipinski definition) is 1. The molecule has 3 nitrogen and oxygen atoms in total. The third-order valence-electron chi connectivity index (χ3n) is 2.80. The summed E-state index contributed by atoms with van der Waals surface area (Å²) in [4.78, 5) is 0. The molecular weight excluding hydrogens is 235 g/mol. The molecule has 0 fully saturated rings. The minimum absolute atomic E-state index is 0.116. The standard InChI is InChI=1S/C14H21FO3/c1-17-8-9-18-7-6-13(11-16)10-12-2-4-14(15)5-3-12/h2-5,13,16H,6-11H2,1H3. The average Bonchev–Trinajstić information content (AvgIpc) is 2.39. The summed E-state index contributed by atoms with van der Waals surface area (Å²) in [6.45, 7) is 1.88. The zero-order valence-corrected chi connectivity index (χ0v) is 10.8. The molecule has 0 aromatic heterocycles. The molecule has 0 heterocycles. The Balaban J connectivity index is 2.26. The predicted octanol–water partition coefficient (Wildman–Crippen LogP) is 2.03. The van der Waals surface area contributed by atoms with Gasteiger partial charge >= 0.3 is 0 Å². The normalized spacial score (nSPS) is 12.6. The van der Waals surface area contributed by atoms with Gasteiger partial charge in [0.2, 0.25) is 0 Å². The fourth-order valence-corrected chi connectivity index (χ4v) is 1.71. The molecule has 0 radical (unpaired) electrons. The summed E-state index contributed by atoms with van der Waals surface area (Å²) in [5, 5.41) is 9.29. The van der Waals surface area contributed by atoms with Crippen molar-refractivity contribution in [3.63, 3.8) is 0 Å². The van der Waals surface area contributed by atoms with E-state index in [1.807, 2.05) is 0 Å². The summed E-state index contributed by atoms with van der Waals surface area (Å²) in [6.07, 6.45) is 1.53. The van der Waals surface area contributed by atoms with Crippen LogP contribution in [0.15, 0.2) is 24.3 Å². The van der Waals surface area contributed by atoms with E-state index in [4.69, 9.17) is 9.47 Å². The van der Waals surface area contributed by atoms with Crippen molar-refractivity contribution in [2.75, 3.05) is 33.5 Å². The van der Waals surface area contributed by atoms with Gasteiger partial charge in [-0.1, -0.05) is 12.1 Å². The monoisotopic (exact) mass is 256 g/mol. The molecular formula is C14H21FO3. The summed E-state index contributed by atoms with van der Waals surface area (Å²) in [5.74, 6) is -0.0831. The van der Waals surface area contributed by atoms with Gasteiger partial charge in [0.15, 0.2) is 0 Å². The molecule has 0 bridgehead atoms. The number of aliphatic hydroxyl groups excluding tert-OH is 1. The van der Waals surface area contributed by atoms with Crippen LogP contribution in [-0.4, -0.2) is 38.6 Å². The molecule has 0 aliphatic rings. The number of hydrogen-bond acceptors (Lipinski definition) is 3. The molecule has 1 rings (SSSR count). The highest BCUT2D eigenvalue weighted by atomic mass is 19.1. The van der Waals surface area contributed by atoms with Gasteiger partial charge in [-0.2, -0.15) is 0 Å². The second-order valence-electron chi connectivity index (χ2n) is 4.27. The molecule has 0 amide bonds. The van der Waals surface area contributed by atoms with Crippen LogP contribution in [0, 0.1) is 11.7 Å². The highest BCUT2D eigenvalue weighted by Gasteiger charge is 2.08. The summed E-state index contributed by atoms with van der Waals surface area (Å²) < 4.78 is 23.0. The quantitative estimate of drug-likeness (QED) is 0.687. The molecule has 1 aromatic carbocycles. The molecule has 0 spiro atoms. The van der Waals surface area contributed by atoms with Crippen LogP contribution in [0.3, 0.4) is 0 Å². The number of ether oxygens (including phenoxy) is 2. The van der Waals surface area contributed by atoms with Gasteiger partial charge in [-0.3, -0.25) is 0 Å². The van der Waals surface area contributed by atoms with E-state index in [-0.39, 0.29) is 18.3 Å². The number of rotatable bonds is 9. The first-order chi connectivity index (χ1) is 8.76. The first-order valence-electron chi connectivity index (χ1n) is 6.18. The van der Waals surface area contributed by atoms with Crippen LogP contribution in [0.1, 0.15) is 12.0 Å². The van der Waals surface area contributed by atoms with Gasteiger partial charge in [0, 0.05) is 20.3 Å². The highest BCUT2D eigenvalue weighted by molar-refractivity contribution is 5.16. The number of halogens is 1. The van der Waals surface area contributed by atoms with Crippen LogP contribution in [0.2, 0.25) is 0 Å². The Morgan fingerprint density at radius 2 is 1.89 bits per heavy atom. The summed E-state index contributed by atoms with van der Waals surface area (Å²) in [6, 6.07) is 6.39. The SMILES string of the molecule is COCCOCCC(CO)Cc1ccc(F)cc1. The topological polar surface area (TPSA) is 38.7 Å². The first-order valence-corrected chi connectivity index (χ1v) is 6.18. The minimum atomic E-state index is -0.234. The molecule has 0 aliphatic heterocycles. The average molecular weight is 256 g/mol. The van der Waals surface area contributed by atoms with Crippen LogP contribution in [-0.2, 0) is 15.9 Å². The van der Waals surface area contributed by atoms with Crippen LogP contribution in [0.5, 0.6) is 0 Å². The van der Waals surface area contributed by atoms with E-state index in [1.165, 1.54) is 12.1 Å². The molecule has 1 aromatic rings. The molecule has 0 aliphatic carbocycles.